The summed E-state index contributed by atoms with van der Waals surface area (Å²) in [5.41, 5.74) is 7.19. The van der Waals surface area contributed by atoms with Gasteiger partial charge in [0.05, 0.1) is 0 Å². The molecular formula is C23H33N3O2. The number of primary amides is 1. The van der Waals surface area contributed by atoms with Crippen molar-refractivity contribution >= 4 is 11.8 Å². The quantitative estimate of drug-likeness (QED) is 0.821. The van der Waals surface area contributed by atoms with Gasteiger partial charge in [-0.25, -0.2) is 0 Å². The third kappa shape index (κ3) is 4.24. The van der Waals surface area contributed by atoms with Crippen LogP contribution in [-0.4, -0.2) is 54.3 Å². The van der Waals surface area contributed by atoms with Gasteiger partial charge >= 0.3 is 0 Å². The summed E-state index contributed by atoms with van der Waals surface area (Å²) >= 11 is 0. The Morgan fingerprint density at radius 2 is 1.64 bits per heavy atom. The molecule has 5 heteroatoms. The normalized spacial score (nSPS) is 25.8. The van der Waals surface area contributed by atoms with Crippen LogP contribution in [0.4, 0.5) is 0 Å². The number of likely N-dealkylation sites (tertiary alicyclic amines) is 2. The van der Waals surface area contributed by atoms with Gasteiger partial charge in [0.25, 0.3) is 0 Å². The molecule has 0 spiro atoms. The van der Waals surface area contributed by atoms with Crippen molar-refractivity contribution in [2.24, 2.45) is 23.5 Å². The van der Waals surface area contributed by atoms with Gasteiger partial charge < -0.3 is 15.5 Å². The summed E-state index contributed by atoms with van der Waals surface area (Å²) in [6, 6.07) is 7.66. The Bertz CT molecular complexity index is 700. The molecule has 2 N–H and O–H groups in total. The first kappa shape index (κ1) is 19.4. The molecule has 2 atom stereocenters. The molecule has 4 rings (SSSR count). The first-order valence-corrected chi connectivity index (χ1v) is 11.0. The number of aryl methyl sites for hydroxylation is 1. The SMILES string of the molecule is NC(=O)c1ccccc1CCCN1CC2CN(C(=O)C3CCCCC3)C[C@@H]2C1. The average Bonchev–Trinajstić information content (AvgIpc) is 3.27. The largest absolute Gasteiger partial charge is 0.366 e. The van der Waals surface area contributed by atoms with Gasteiger partial charge in [-0.15, -0.1) is 0 Å². The molecule has 2 amide bonds. The minimum absolute atomic E-state index is 0.300. The maximum Gasteiger partial charge on any atom is 0.248 e. The van der Waals surface area contributed by atoms with Crippen LogP contribution >= 0.6 is 0 Å². The van der Waals surface area contributed by atoms with E-state index in [0.717, 1.165) is 64.0 Å². The molecule has 2 aliphatic heterocycles. The molecule has 1 aliphatic carbocycles. The number of carbonyl (C=O) groups is 2. The van der Waals surface area contributed by atoms with Crippen molar-refractivity contribution in [3.05, 3.63) is 35.4 Å². The zero-order valence-corrected chi connectivity index (χ0v) is 16.8. The number of benzene rings is 1. The molecule has 2 heterocycles. The van der Waals surface area contributed by atoms with Crippen LogP contribution in [0.5, 0.6) is 0 Å². The molecule has 152 valence electrons. The highest BCUT2D eigenvalue weighted by Crippen LogP contribution is 2.34. The third-order valence-electron chi connectivity index (χ3n) is 7.03. The highest BCUT2D eigenvalue weighted by molar-refractivity contribution is 5.94. The molecule has 1 unspecified atom stereocenters. The Labute approximate surface area is 168 Å². The van der Waals surface area contributed by atoms with Gasteiger partial charge in [-0.3, -0.25) is 9.59 Å². The fraction of sp³-hybridized carbons (Fsp3) is 0.652. The summed E-state index contributed by atoms with van der Waals surface area (Å²) in [7, 11) is 0. The topological polar surface area (TPSA) is 66.6 Å². The van der Waals surface area contributed by atoms with E-state index in [0.29, 0.717) is 29.2 Å². The lowest BCUT2D eigenvalue weighted by atomic mass is 9.88. The van der Waals surface area contributed by atoms with Crippen LogP contribution in [0.25, 0.3) is 0 Å². The van der Waals surface area contributed by atoms with Crippen LogP contribution in [0.2, 0.25) is 0 Å². The van der Waals surface area contributed by atoms with E-state index in [1.807, 2.05) is 24.3 Å². The second-order valence-electron chi connectivity index (χ2n) is 8.98. The maximum atomic E-state index is 12.8. The molecule has 0 aromatic heterocycles. The molecule has 1 aromatic carbocycles. The van der Waals surface area contributed by atoms with Crippen molar-refractivity contribution in [1.82, 2.24) is 9.80 Å². The molecule has 1 aromatic rings. The van der Waals surface area contributed by atoms with Gasteiger partial charge in [-0.1, -0.05) is 37.5 Å². The second kappa shape index (κ2) is 8.64. The van der Waals surface area contributed by atoms with Crippen molar-refractivity contribution in [3.63, 3.8) is 0 Å². The zero-order valence-electron chi connectivity index (χ0n) is 16.8. The fourth-order valence-corrected chi connectivity index (χ4v) is 5.53. The minimum Gasteiger partial charge on any atom is -0.366 e. The maximum absolute atomic E-state index is 12.8. The van der Waals surface area contributed by atoms with Crippen molar-refractivity contribution in [2.75, 3.05) is 32.7 Å². The summed E-state index contributed by atoms with van der Waals surface area (Å²) in [6.07, 6.45) is 7.88. The molecule has 1 saturated carbocycles. The zero-order chi connectivity index (χ0) is 19.5. The number of hydrogen-bond acceptors (Lipinski definition) is 3. The Balaban J connectivity index is 1.22. The van der Waals surface area contributed by atoms with Crippen molar-refractivity contribution < 1.29 is 9.59 Å². The number of rotatable bonds is 6. The van der Waals surface area contributed by atoms with Gasteiger partial charge in [0.15, 0.2) is 0 Å². The molecule has 3 aliphatic rings. The Hall–Kier alpha value is -1.88. The molecule has 5 nitrogen and oxygen atoms in total. The lowest BCUT2D eigenvalue weighted by molar-refractivity contribution is -0.135. The molecular weight excluding hydrogens is 350 g/mol. The van der Waals surface area contributed by atoms with Gasteiger partial charge in [0, 0.05) is 37.7 Å². The summed E-state index contributed by atoms with van der Waals surface area (Å²) in [4.78, 5) is 29.1. The van der Waals surface area contributed by atoms with Crippen LogP contribution in [0.3, 0.4) is 0 Å². The van der Waals surface area contributed by atoms with E-state index in [1.165, 1.54) is 19.3 Å². The fourth-order valence-electron chi connectivity index (χ4n) is 5.53. The predicted octanol–water partition coefficient (Wildman–Crippen LogP) is 2.69. The predicted molar refractivity (Wildman–Crippen MR) is 110 cm³/mol. The van der Waals surface area contributed by atoms with Gasteiger partial charge in [-0.2, -0.15) is 0 Å². The van der Waals surface area contributed by atoms with E-state index >= 15 is 0 Å². The number of nitrogens with zero attached hydrogens (tertiary/aromatic N) is 2. The summed E-state index contributed by atoms with van der Waals surface area (Å²) in [5, 5.41) is 0. The highest BCUT2D eigenvalue weighted by Gasteiger charge is 2.42. The number of nitrogens with two attached hydrogens (primary N) is 1. The Kier molecular flexibility index (Phi) is 6.00. The van der Waals surface area contributed by atoms with E-state index in [4.69, 9.17) is 5.73 Å². The Morgan fingerprint density at radius 3 is 2.32 bits per heavy atom. The van der Waals surface area contributed by atoms with E-state index in [9.17, 15) is 9.59 Å². The number of fused-ring (bicyclic) bond motifs is 1. The molecule has 3 fully saturated rings. The van der Waals surface area contributed by atoms with Crippen LogP contribution < -0.4 is 5.73 Å². The smallest absolute Gasteiger partial charge is 0.248 e. The number of hydrogen-bond donors (Lipinski definition) is 1. The van der Waals surface area contributed by atoms with Crippen molar-refractivity contribution in [2.45, 2.75) is 44.9 Å². The standard InChI is InChI=1S/C23H33N3O2/c24-22(27)21-11-5-4-7-17(21)10-6-12-25-13-19-15-26(16-20(19)14-25)23(28)18-8-2-1-3-9-18/h4-5,7,11,18-20H,1-3,6,8-10,12-16H2,(H2,24,27)/t19-,20?/m0/s1. The number of carbonyl (C=O) groups excluding carboxylic acids is 2. The summed E-state index contributed by atoms with van der Waals surface area (Å²) in [5.74, 6) is 1.68. The van der Waals surface area contributed by atoms with Crippen LogP contribution in [0.15, 0.2) is 24.3 Å². The molecule has 28 heavy (non-hydrogen) atoms. The first-order valence-electron chi connectivity index (χ1n) is 11.0. The van der Waals surface area contributed by atoms with Crippen LogP contribution in [0, 0.1) is 17.8 Å². The van der Waals surface area contributed by atoms with E-state index in [1.54, 1.807) is 0 Å². The minimum atomic E-state index is -0.339. The molecule has 2 saturated heterocycles. The van der Waals surface area contributed by atoms with Gasteiger partial charge in [0.2, 0.25) is 11.8 Å². The monoisotopic (exact) mass is 383 g/mol. The molecule has 0 bridgehead atoms. The summed E-state index contributed by atoms with van der Waals surface area (Å²) in [6.45, 7) is 5.19. The van der Waals surface area contributed by atoms with Crippen LogP contribution in [0.1, 0.15) is 54.4 Å². The van der Waals surface area contributed by atoms with Crippen LogP contribution in [-0.2, 0) is 11.2 Å². The van der Waals surface area contributed by atoms with Gasteiger partial charge in [0.1, 0.15) is 0 Å². The number of amides is 2. The second-order valence-corrected chi connectivity index (χ2v) is 8.98. The van der Waals surface area contributed by atoms with Crippen molar-refractivity contribution in [1.29, 1.82) is 0 Å². The Morgan fingerprint density at radius 1 is 0.964 bits per heavy atom. The first-order chi connectivity index (χ1) is 13.6. The molecule has 0 radical (unpaired) electrons. The van der Waals surface area contributed by atoms with Crippen molar-refractivity contribution in [3.8, 4) is 0 Å². The third-order valence-corrected chi connectivity index (χ3v) is 7.03. The lowest BCUT2D eigenvalue weighted by Crippen LogP contribution is -2.38. The van der Waals surface area contributed by atoms with Gasteiger partial charge in [-0.05, 0) is 55.7 Å². The summed E-state index contributed by atoms with van der Waals surface area (Å²) < 4.78 is 0. The average molecular weight is 384 g/mol. The van der Waals surface area contributed by atoms with E-state index < -0.39 is 0 Å². The van der Waals surface area contributed by atoms with E-state index in [-0.39, 0.29) is 5.91 Å². The van der Waals surface area contributed by atoms with E-state index in [2.05, 4.69) is 9.80 Å². The lowest BCUT2D eigenvalue weighted by Gasteiger charge is -2.27. The highest BCUT2D eigenvalue weighted by atomic mass is 16.2.